The number of methoxy groups -OCH3 is 1. The van der Waals surface area contributed by atoms with Gasteiger partial charge in [0, 0.05) is 12.0 Å². The molecule has 1 fully saturated rings. The zero-order chi connectivity index (χ0) is 14.7. The molecule has 1 heterocycles. The monoisotopic (exact) mass is 282 g/mol. The maximum Gasteiger partial charge on any atom is 0.326 e. The highest BCUT2D eigenvalue weighted by atomic mass is 16.5. The van der Waals surface area contributed by atoms with Crippen LogP contribution in [0, 0.1) is 0 Å². The Bertz CT molecular complexity index is 534. The van der Waals surface area contributed by atoms with E-state index in [1.165, 1.54) is 6.07 Å². The predicted molar refractivity (Wildman–Crippen MR) is 64.0 cm³/mol. The molecule has 1 aliphatic carbocycles. The number of amides is 1. The Morgan fingerprint density at radius 1 is 1.55 bits per heavy atom. The van der Waals surface area contributed by atoms with Gasteiger partial charge in [-0.25, -0.2) is 4.79 Å². The Morgan fingerprint density at radius 2 is 2.25 bits per heavy atom. The van der Waals surface area contributed by atoms with Gasteiger partial charge >= 0.3 is 11.9 Å². The number of carbonyl (C=O) groups is 3. The molecule has 8 heteroatoms. The molecule has 0 saturated heterocycles. The first-order valence-electron chi connectivity index (χ1n) is 6.08. The first kappa shape index (κ1) is 14.0. The van der Waals surface area contributed by atoms with Crippen LogP contribution in [0.1, 0.15) is 41.4 Å². The quantitative estimate of drug-likeness (QED) is 0.720. The number of carboxylic acid groups (broad SMARTS) is 1. The average Bonchev–Trinajstić information content (AvgIpc) is 3.15. The molecule has 8 nitrogen and oxygen atoms in total. The van der Waals surface area contributed by atoms with Crippen molar-refractivity contribution in [2.45, 2.75) is 31.2 Å². The summed E-state index contributed by atoms with van der Waals surface area (Å²) < 4.78 is 9.38. The molecule has 0 aliphatic heterocycles. The van der Waals surface area contributed by atoms with Crippen LogP contribution < -0.4 is 5.32 Å². The number of carbonyl (C=O) groups excluding carboxylic acids is 2. The molecule has 1 aromatic rings. The van der Waals surface area contributed by atoms with Gasteiger partial charge in [0.05, 0.1) is 13.5 Å². The summed E-state index contributed by atoms with van der Waals surface area (Å²) in [6.07, 6.45) is 1.54. The van der Waals surface area contributed by atoms with Gasteiger partial charge < -0.3 is 19.7 Å². The molecule has 2 N–H and O–H groups in total. The van der Waals surface area contributed by atoms with Crippen molar-refractivity contribution < 1.29 is 28.8 Å². The summed E-state index contributed by atoms with van der Waals surface area (Å²) in [6, 6.07) is 0.125. The second kappa shape index (κ2) is 5.72. The molecule has 1 saturated carbocycles. The van der Waals surface area contributed by atoms with E-state index >= 15 is 0 Å². The van der Waals surface area contributed by atoms with Gasteiger partial charge in [-0.15, -0.1) is 0 Å². The highest BCUT2D eigenvalue weighted by molar-refractivity contribution is 5.95. The summed E-state index contributed by atoms with van der Waals surface area (Å²) in [5, 5.41) is 14.8. The van der Waals surface area contributed by atoms with Gasteiger partial charge in [-0.1, -0.05) is 5.16 Å². The molecule has 1 aromatic heterocycles. The fraction of sp³-hybridized carbons (Fsp3) is 0.500. The van der Waals surface area contributed by atoms with Crippen LogP contribution in [0.5, 0.6) is 0 Å². The summed E-state index contributed by atoms with van der Waals surface area (Å²) in [5.41, 5.74) is 0.00279. The van der Waals surface area contributed by atoms with Gasteiger partial charge in [-0.3, -0.25) is 9.59 Å². The minimum atomic E-state index is -1.36. The number of esters is 1. The van der Waals surface area contributed by atoms with E-state index in [0.29, 0.717) is 11.7 Å². The first-order valence-corrected chi connectivity index (χ1v) is 6.08. The number of aliphatic carboxylic acids is 1. The highest BCUT2D eigenvalue weighted by Gasteiger charge is 2.30. The van der Waals surface area contributed by atoms with Crippen molar-refractivity contribution in [3.05, 3.63) is 17.5 Å². The molecular formula is C12H14N2O6. The maximum absolute atomic E-state index is 11.8. The van der Waals surface area contributed by atoms with Crippen LogP contribution in [-0.4, -0.2) is 41.3 Å². The Morgan fingerprint density at radius 3 is 2.80 bits per heavy atom. The van der Waals surface area contributed by atoms with Crippen molar-refractivity contribution in [3.63, 3.8) is 0 Å². The lowest BCUT2D eigenvalue weighted by Gasteiger charge is -2.11. The normalized spacial score (nSPS) is 15.4. The Labute approximate surface area is 114 Å². The molecule has 1 atom stereocenters. The molecule has 1 amide bonds. The van der Waals surface area contributed by atoms with Crippen LogP contribution in [-0.2, 0) is 14.3 Å². The van der Waals surface area contributed by atoms with Crippen molar-refractivity contribution in [1.82, 2.24) is 10.5 Å². The number of aromatic nitrogens is 1. The third kappa shape index (κ3) is 3.34. The number of carboxylic acids is 1. The number of hydrogen-bond acceptors (Lipinski definition) is 6. The zero-order valence-corrected chi connectivity index (χ0v) is 10.8. The Hall–Kier alpha value is -2.38. The van der Waals surface area contributed by atoms with E-state index in [4.69, 9.17) is 9.63 Å². The summed E-state index contributed by atoms with van der Waals surface area (Å²) in [4.78, 5) is 33.9. The summed E-state index contributed by atoms with van der Waals surface area (Å²) in [7, 11) is 1.14. The van der Waals surface area contributed by atoms with E-state index in [1.54, 1.807) is 0 Å². The van der Waals surface area contributed by atoms with E-state index in [0.717, 1.165) is 20.0 Å². The third-order valence-corrected chi connectivity index (χ3v) is 2.94. The summed E-state index contributed by atoms with van der Waals surface area (Å²) in [5.74, 6) is -1.83. The van der Waals surface area contributed by atoms with Crippen LogP contribution >= 0.6 is 0 Å². The van der Waals surface area contributed by atoms with E-state index in [2.05, 4.69) is 15.2 Å². The van der Waals surface area contributed by atoms with Crippen LogP contribution in [0.2, 0.25) is 0 Å². The van der Waals surface area contributed by atoms with Crippen molar-refractivity contribution >= 4 is 17.8 Å². The lowest BCUT2D eigenvalue weighted by atomic mass is 10.2. The second-order valence-electron chi connectivity index (χ2n) is 4.53. The summed E-state index contributed by atoms with van der Waals surface area (Å²) >= 11 is 0. The smallest absolute Gasteiger partial charge is 0.326 e. The minimum absolute atomic E-state index is 0.00279. The molecule has 20 heavy (non-hydrogen) atoms. The van der Waals surface area contributed by atoms with Gasteiger partial charge in [0.25, 0.3) is 5.91 Å². The highest BCUT2D eigenvalue weighted by Crippen LogP contribution is 2.40. The van der Waals surface area contributed by atoms with Gasteiger partial charge in [-0.05, 0) is 12.8 Å². The molecule has 0 bridgehead atoms. The molecule has 0 spiro atoms. The SMILES string of the molecule is COC(=O)C[C@H](NC(=O)c1cc(C2CC2)on1)C(=O)O. The third-order valence-electron chi connectivity index (χ3n) is 2.94. The number of rotatable bonds is 6. The van der Waals surface area contributed by atoms with Crippen LogP contribution in [0.25, 0.3) is 0 Å². The van der Waals surface area contributed by atoms with Crippen molar-refractivity contribution in [2.24, 2.45) is 0 Å². The molecular weight excluding hydrogens is 268 g/mol. The fourth-order valence-corrected chi connectivity index (χ4v) is 1.64. The lowest BCUT2D eigenvalue weighted by molar-refractivity contribution is -0.147. The van der Waals surface area contributed by atoms with Crippen molar-refractivity contribution in [3.8, 4) is 0 Å². The summed E-state index contributed by atoms with van der Waals surface area (Å²) in [6.45, 7) is 0. The molecule has 108 valence electrons. The minimum Gasteiger partial charge on any atom is -0.480 e. The number of nitrogens with one attached hydrogen (secondary N) is 1. The zero-order valence-electron chi connectivity index (χ0n) is 10.8. The molecule has 2 rings (SSSR count). The van der Waals surface area contributed by atoms with Gasteiger partial charge in [0.1, 0.15) is 11.8 Å². The average molecular weight is 282 g/mol. The molecule has 0 radical (unpaired) electrons. The van der Waals surface area contributed by atoms with Gasteiger partial charge in [0.15, 0.2) is 5.69 Å². The topological polar surface area (TPSA) is 119 Å². The predicted octanol–water partition coefficient (Wildman–Crippen LogP) is 0.298. The Balaban J connectivity index is 1.99. The molecule has 0 unspecified atom stereocenters. The lowest BCUT2D eigenvalue weighted by Crippen LogP contribution is -2.42. The van der Waals surface area contributed by atoms with E-state index in [1.807, 2.05) is 0 Å². The van der Waals surface area contributed by atoms with Crippen molar-refractivity contribution in [2.75, 3.05) is 7.11 Å². The van der Waals surface area contributed by atoms with E-state index in [9.17, 15) is 14.4 Å². The van der Waals surface area contributed by atoms with Crippen LogP contribution in [0.3, 0.4) is 0 Å². The molecule has 0 aromatic carbocycles. The van der Waals surface area contributed by atoms with E-state index < -0.39 is 30.3 Å². The Kier molecular flexibility index (Phi) is 4.02. The number of hydrogen-bond donors (Lipinski definition) is 2. The van der Waals surface area contributed by atoms with Gasteiger partial charge in [-0.2, -0.15) is 0 Å². The second-order valence-corrected chi connectivity index (χ2v) is 4.53. The van der Waals surface area contributed by atoms with E-state index in [-0.39, 0.29) is 5.69 Å². The van der Waals surface area contributed by atoms with Crippen LogP contribution in [0.15, 0.2) is 10.6 Å². The number of nitrogens with zero attached hydrogens (tertiary/aromatic N) is 1. The molecule has 1 aliphatic rings. The maximum atomic E-state index is 11.8. The largest absolute Gasteiger partial charge is 0.480 e. The van der Waals surface area contributed by atoms with Gasteiger partial charge in [0.2, 0.25) is 0 Å². The number of ether oxygens (including phenoxy) is 1. The fourth-order valence-electron chi connectivity index (χ4n) is 1.64. The standard InChI is InChI=1S/C12H14N2O6/c1-19-10(15)5-8(12(17)18)13-11(16)7-4-9(20-14-7)6-2-3-6/h4,6,8H,2-3,5H2,1H3,(H,13,16)(H,17,18)/t8-/m0/s1. The van der Waals surface area contributed by atoms with Crippen LogP contribution in [0.4, 0.5) is 0 Å². The van der Waals surface area contributed by atoms with Crippen molar-refractivity contribution in [1.29, 1.82) is 0 Å². The first-order chi connectivity index (χ1) is 9.51.